The molecule has 0 atom stereocenters. The van der Waals surface area contributed by atoms with Crippen LogP contribution in [0.1, 0.15) is 39.6 Å². The summed E-state index contributed by atoms with van der Waals surface area (Å²) < 4.78 is 0. The third kappa shape index (κ3) is 5.32. The molecule has 3 aromatic carbocycles. The van der Waals surface area contributed by atoms with Gasteiger partial charge in [-0.05, 0) is 61.0 Å². The fourth-order valence-electron chi connectivity index (χ4n) is 2.77. The number of amides is 3. The molecule has 30 heavy (non-hydrogen) atoms. The normalized spacial score (nSPS) is 10.2. The van der Waals surface area contributed by atoms with E-state index in [0.29, 0.717) is 34.6 Å². The SMILES string of the molecule is CCC(=O)Nc1ccc(NC(=O)c2ccc(C)c(NC(=O)c3ccccc3)c2)cc1. The van der Waals surface area contributed by atoms with Crippen LogP contribution in [0.15, 0.2) is 72.8 Å². The Morgan fingerprint density at radius 2 is 1.30 bits per heavy atom. The van der Waals surface area contributed by atoms with Crippen LogP contribution in [-0.4, -0.2) is 17.7 Å². The fraction of sp³-hybridized carbons (Fsp3) is 0.125. The summed E-state index contributed by atoms with van der Waals surface area (Å²) in [6.45, 7) is 3.65. The van der Waals surface area contributed by atoms with Crippen LogP contribution in [0, 0.1) is 6.92 Å². The van der Waals surface area contributed by atoms with Crippen molar-refractivity contribution < 1.29 is 14.4 Å². The molecule has 3 rings (SSSR count). The molecule has 0 spiro atoms. The molecule has 0 bridgehead atoms. The van der Waals surface area contributed by atoms with Gasteiger partial charge < -0.3 is 16.0 Å². The summed E-state index contributed by atoms with van der Waals surface area (Å²) in [5.41, 5.74) is 3.67. The van der Waals surface area contributed by atoms with Crippen molar-refractivity contribution in [3.63, 3.8) is 0 Å². The molecule has 0 saturated heterocycles. The van der Waals surface area contributed by atoms with Gasteiger partial charge in [0.1, 0.15) is 0 Å². The lowest BCUT2D eigenvalue weighted by Gasteiger charge is -2.12. The van der Waals surface area contributed by atoms with E-state index in [1.165, 1.54) is 0 Å². The van der Waals surface area contributed by atoms with Crippen LogP contribution in [0.2, 0.25) is 0 Å². The largest absolute Gasteiger partial charge is 0.326 e. The lowest BCUT2D eigenvalue weighted by Crippen LogP contribution is -2.15. The van der Waals surface area contributed by atoms with Crippen molar-refractivity contribution >= 4 is 34.8 Å². The molecule has 0 radical (unpaired) electrons. The first-order valence-electron chi connectivity index (χ1n) is 9.64. The topological polar surface area (TPSA) is 87.3 Å². The number of rotatable bonds is 6. The van der Waals surface area contributed by atoms with Crippen molar-refractivity contribution in [3.05, 3.63) is 89.5 Å². The average Bonchev–Trinajstić information content (AvgIpc) is 2.77. The standard InChI is InChI=1S/C24H23N3O3/c1-3-22(28)25-19-11-13-20(14-12-19)26-24(30)18-10-9-16(2)21(15-18)27-23(29)17-7-5-4-6-8-17/h4-15H,3H2,1-2H3,(H,25,28)(H,26,30)(H,27,29). The quantitative estimate of drug-likeness (QED) is 0.552. The fourth-order valence-corrected chi connectivity index (χ4v) is 2.77. The van der Waals surface area contributed by atoms with Crippen molar-refractivity contribution in [3.8, 4) is 0 Å². The van der Waals surface area contributed by atoms with Crippen molar-refractivity contribution in [2.45, 2.75) is 20.3 Å². The molecular formula is C24H23N3O3. The number of benzene rings is 3. The van der Waals surface area contributed by atoms with Gasteiger partial charge in [-0.2, -0.15) is 0 Å². The molecule has 0 saturated carbocycles. The Hall–Kier alpha value is -3.93. The van der Waals surface area contributed by atoms with E-state index in [0.717, 1.165) is 5.56 Å². The molecule has 0 fully saturated rings. The number of carbonyl (C=O) groups excluding carboxylic acids is 3. The second-order valence-electron chi connectivity index (χ2n) is 6.78. The molecule has 0 aliphatic rings. The van der Waals surface area contributed by atoms with Gasteiger partial charge in [0.15, 0.2) is 0 Å². The maximum absolute atomic E-state index is 12.6. The van der Waals surface area contributed by atoms with Crippen molar-refractivity contribution in [2.75, 3.05) is 16.0 Å². The van der Waals surface area contributed by atoms with Crippen LogP contribution in [0.4, 0.5) is 17.1 Å². The highest BCUT2D eigenvalue weighted by Crippen LogP contribution is 2.20. The van der Waals surface area contributed by atoms with Crippen molar-refractivity contribution in [1.82, 2.24) is 0 Å². The van der Waals surface area contributed by atoms with E-state index in [-0.39, 0.29) is 17.7 Å². The van der Waals surface area contributed by atoms with Crippen LogP contribution < -0.4 is 16.0 Å². The van der Waals surface area contributed by atoms with E-state index >= 15 is 0 Å². The Morgan fingerprint density at radius 1 is 0.700 bits per heavy atom. The van der Waals surface area contributed by atoms with Gasteiger partial charge in [0.25, 0.3) is 11.8 Å². The molecule has 3 amide bonds. The second kappa shape index (κ2) is 9.52. The lowest BCUT2D eigenvalue weighted by molar-refractivity contribution is -0.115. The highest BCUT2D eigenvalue weighted by Gasteiger charge is 2.12. The molecule has 0 aromatic heterocycles. The molecule has 3 N–H and O–H groups in total. The van der Waals surface area contributed by atoms with Crippen LogP contribution >= 0.6 is 0 Å². The van der Waals surface area contributed by atoms with E-state index < -0.39 is 0 Å². The van der Waals surface area contributed by atoms with Crippen LogP contribution in [0.3, 0.4) is 0 Å². The third-order valence-electron chi connectivity index (χ3n) is 4.53. The first kappa shape index (κ1) is 20.8. The summed E-state index contributed by atoms with van der Waals surface area (Å²) >= 11 is 0. The minimum Gasteiger partial charge on any atom is -0.326 e. The molecule has 0 aliphatic heterocycles. The summed E-state index contributed by atoms with van der Waals surface area (Å²) in [6, 6.07) is 20.9. The highest BCUT2D eigenvalue weighted by atomic mass is 16.2. The average molecular weight is 401 g/mol. The first-order chi connectivity index (χ1) is 14.5. The maximum Gasteiger partial charge on any atom is 0.255 e. The predicted molar refractivity (Wildman–Crippen MR) is 119 cm³/mol. The summed E-state index contributed by atoms with van der Waals surface area (Å²) in [7, 11) is 0. The molecule has 6 heteroatoms. The summed E-state index contributed by atoms with van der Waals surface area (Å²) in [5, 5.41) is 8.44. The Morgan fingerprint density at radius 3 is 1.93 bits per heavy atom. The van der Waals surface area contributed by atoms with Gasteiger partial charge in [-0.25, -0.2) is 0 Å². The zero-order valence-corrected chi connectivity index (χ0v) is 16.9. The van der Waals surface area contributed by atoms with Crippen LogP contribution in [0.25, 0.3) is 0 Å². The Labute approximate surface area is 175 Å². The Bertz CT molecular complexity index is 1060. The number of hydrogen-bond acceptors (Lipinski definition) is 3. The molecule has 3 aromatic rings. The minimum absolute atomic E-state index is 0.0727. The van der Waals surface area contributed by atoms with Crippen molar-refractivity contribution in [1.29, 1.82) is 0 Å². The number of aryl methyl sites for hydroxylation is 1. The molecule has 0 heterocycles. The summed E-state index contributed by atoms with van der Waals surface area (Å²) in [5.74, 6) is -0.604. The zero-order chi connectivity index (χ0) is 21.5. The molecule has 0 unspecified atom stereocenters. The second-order valence-corrected chi connectivity index (χ2v) is 6.78. The molecule has 0 aliphatic carbocycles. The zero-order valence-electron chi connectivity index (χ0n) is 16.9. The number of anilines is 3. The number of nitrogens with one attached hydrogen (secondary N) is 3. The molecule has 6 nitrogen and oxygen atoms in total. The van der Waals surface area contributed by atoms with Crippen LogP contribution in [-0.2, 0) is 4.79 Å². The third-order valence-corrected chi connectivity index (χ3v) is 4.53. The Balaban J connectivity index is 1.70. The van der Waals surface area contributed by atoms with E-state index in [2.05, 4.69) is 16.0 Å². The molecule has 152 valence electrons. The van der Waals surface area contributed by atoms with E-state index in [4.69, 9.17) is 0 Å². The van der Waals surface area contributed by atoms with E-state index in [9.17, 15) is 14.4 Å². The highest BCUT2D eigenvalue weighted by molar-refractivity contribution is 6.07. The first-order valence-corrected chi connectivity index (χ1v) is 9.64. The van der Waals surface area contributed by atoms with E-state index in [1.54, 1.807) is 73.7 Å². The van der Waals surface area contributed by atoms with Crippen LogP contribution in [0.5, 0.6) is 0 Å². The number of hydrogen-bond donors (Lipinski definition) is 3. The summed E-state index contributed by atoms with van der Waals surface area (Å²) in [4.78, 5) is 36.5. The van der Waals surface area contributed by atoms with Gasteiger partial charge in [0, 0.05) is 34.6 Å². The van der Waals surface area contributed by atoms with Crippen molar-refractivity contribution in [2.24, 2.45) is 0 Å². The number of carbonyl (C=O) groups is 3. The summed E-state index contributed by atoms with van der Waals surface area (Å²) in [6.07, 6.45) is 0.398. The van der Waals surface area contributed by atoms with Gasteiger partial charge in [-0.1, -0.05) is 31.2 Å². The van der Waals surface area contributed by atoms with Gasteiger partial charge in [-0.3, -0.25) is 14.4 Å². The smallest absolute Gasteiger partial charge is 0.255 e. The monoisotopic (exact) mass is 401 g/mol. The van der Waals surface area contributed by atoms with Gasteiger partial charge in [0.05, 0.1) is 0 Å². The minimum atomic E-state index is -0.296. The molecular weight excluding hydrogens is 378 g/mol. The Kier molecular flexibility index (Phi) is 6.60. The van der Waals surface area contributed by atoms with Gasteiger partial charge >= 0.3 is 0 Å². The maximum atomic E-state index is 12.6. The lowest BCUT2D eigenvalue weighted by atomic mass is 10.1. The van der Waals surface area contributed by atoms with Gasteiger partial charge in [0.2, 0.25) is 5.91 Å². The predicted octanol–water partition coefficient (Wildman–Crippen LogP) is 4.85. The van der Waals surface area contributed by atoms with Gasteiger partial charge in [-0.15, -0.1) is 0 Å². The van der Waals surface area contributed by atoms with E-state index in [1.807, 2.05) is 13.0 Å².